The first-order valence-corrected chi connectivity index (χ1v) is 8.70. The Kier molecular flexibility index (Phi) is 3.95. The molecular formula is C14H22O6S. The van der Waals surface area contributed by atoms with Gasteiger partial charge in [0.25, 0.3) is 10.1 Å². The predicted octanol–water partition coefficient (Wildman–Crippen LogP) is 1.59. The summed E-state index contributed by atoms with van der Waals surface area (Å²) in [6, 6.07) is 0. The highest BCUT2D eigenvalue weighted by atomic mass is 32.2. The molecule has 2 rings (SSSR count). The highest BCUT2D eigenvalue weighted by molar-refractivity contribution is 7.87. The van der Waals surface area contributed by atoms with Gasteiger partial charge in [-0.05, 0) is 31.1 Å². The lowest BCUT2D eigenvalue weighted by Gasteiger charge is -2.41. The van der Waals surface area contributed by atoms with Crippen molar-refractivity contribution in [2.45, 2.75) is 51.7 Å². The molecule has 0 aromatic rings. The summed E-state index contributed by atoms with van der Waals surface area (Å²) in [4.78, 5) is 23.7. The third-order valence-corrected chi connectivity index (χ3v) is 7.36. The Morgan fingerprint density at radius 3 is 2.48 bits per heavy atom. The van der Waals surface area contributed by atoms with Crippen LogP contribution in [0.25, 0.3) is 0 Å². The second-order valence-corrected chi connectivity index (χ2v) is 8.33. The van der Waals surface area contributed by atoms with E-state index >= 15 is 0 Å². The maximum atomic E-state index is 12.5. The third kappa shape index (κ3) is 2.21. The molecule has 0 saturated heterocycles. The van der Waals surface area contributed by atoms with Crippen LogP contribution in [0.1, 0.15) is 46.5 Å². The predicted molar refractivity (Wildman–Crippen MR) is 75.1 cm³/mol. The van der Waals surface area contributed by atoms with Gasteiger partial charge in [-0.2, -0.15) is 8.42 Å². The smallest absolute Gasteiger partial charge is 0.304 e. The molecule has 120 valence electrons. The van der Waals surface area contributed by atoms with Crippen LogP contribution in [-0.4, -0.2) is 37.1 Å². The maximum absolute atomic E-state index is 12.5. The molecule has 0 radical (unpaired) electrons. The molecule has 21 heavy (non-hydrogen) atoms. The number of carboxylic acid groups (broad SMARTS) is 1. The molecule has 2 saturated carbocycles. The van der Waals surface area contributed by atoms with E-state index in [2.05, 4.69) is 0 Å². The second-order valence-electron chi connectivity index (χ2n) is 6.54. The van der Waals surface area contributed by atoms with Gasteiger partial charge in [0.1, 0.15) is 11.0 Å². The molecule has 0 aromatic carbocycles. The lowest BCUT2D eigenvalue weighted by Crippen LogP contribution is -2.51. The van der Waals surface area contributed by atoms with Crippen LogP contribution < -0.4 is 0 Å². The number of rotatable bonds is 6. The van der Waals surface area contributed by atoms with Gasteiger partial charge in [-0.25, -0.2) is 0 Å². The van der Waals surface area contributed by atoms with Crippen molar-refractivity contribution >= 4 is 21.9 Å². The Hall–Kier alpha value is -0.950. The molecule has 2 fully saturated rings. The summed E-state index contributed by atoms with van der Waals surface area (Å²) < 4.78 is 29.7. The minimum atomic E-state index is -4.10. The fourth-order valence-electron chi connectivity index (χ4n) is 4.39. The van der Waals surface area contributed by atoms with Gasteiger partial charge in [-0.15, -0.1) is 0 Å². The summed E-state index contributed by atoms with van der Waals surface area (Å²) in [5, 5.41) is 7.82. The number of hydrogen-bond donors (Lipinski definition) is 1. The molecule has 0 amide bonds. The Labute approximate surface area is 125 Å². The van der Waals surface area contributed by atoms with Gasteiger partial charge >= 0.3 is 5.97 Å². The molecule has 2 aliphatic carbocycles. The molecule has 0 heterocycles. The number of ketones is 1. The van der Waals surface area contributed by atoms with Gasteiger partial charge in [0.05, 0.1) is 18.4 Å². The molecule has 0 aromatic heterocycles. The van der Waals surface area contributed by atoms with Crippen LogP contribution in [0.4, 0.5) is 0 Å². The monoisotopic (exact) mass is 318 g/mol. The van der Waals surface area contributed by atoms with E-state index in [4.69, 9.17) is 9.29 Å². The zero-order chi connectivity index (χ0) is 16.1. The van der Waals surface area contributed by atoms with E-state index < -0.39 is 38.6 Å². The SMILES string of the molecule is CCOS(=O)(=O)C(CC(=O)O)C12CCC(CC1=O)C2(C)C. The van der Waals surface area contributed by atoms with Crippen molar-refractivity contribution < 1.29 is 27.3 Å². The van der Waals surface area contributed by atoms with Crippen LogP contribution in [-0.2, 0) is 23.9 Å². The van der Waals surface area contributed by atoms with Crippen molar-refractivity contribution in [1.29, 1.82) is 0 Å². The minimum Gasteiger partial charge on any atom is -0.481 e. The van der Waals surface area contributed by atoms with Crippen molar-refractivity contribution in [3.63, 3.8) is 0 Å². The number of carbonyl (C=O) groups is 2. The van der Waals surface area contributed by atoms with Crippen molar-refractivity contribution in [2.24, 2.45) is 16.7 Å². The van der Waals surface area contributed by atoms with E-state index in [-0.39, 0.29) is 18.3 Å². The highest BCUT2D eigenvalue weighted by Crippen LogP contribution is 2.66. The first kappa shape index (κ1) is 16.4. The summed E-state index contributed by atoms with van der Waals surface area (Å²) in [5.41, 5.74) is -1.65. The largest absolute Gasteiger partial charge is 0.481 e. The van der Waals surface area contributed by atoms with Crippen molar-refractivity contribution in [1.82, 2.24) is 0 Å². The standard InChI is InChI=1S/C14H22O6S/c1-4-20-21(18,19)11(8-12(16)17)14-6-5-9(7-10(14)15)13(14,2)3/h9,11H,4-8H2,1-3H3,(H,16,17). The van der Waals surface area contributed by atoms with Gasteiger partial charge in [0, 0.05) is 6.42 Å². The molecule has 3 unspecified atom stereocenters. The molecule has 0 spiro atoms. The van der Waals surface area contributed by atoms with Gasteiger partial charge in [0.2, 0.25) is 0 Å². The first-order chi connectivity index (χ1) is 9.59. The zero-order valence-corrected chi connectivity index (χ0v) is 13.4. The fourth-order valence-corrected chi connectivity index (χ4v) is 6.28. The topological polar surface area (TPSA) is 97.7 Å². The number of aliphatic carboxylic acids is 1. The Bertz CT molecular complexity index is 564. The maximum Gasteiger partial charge on any atom is 0.304 e. The number of carboxylic acids is 1. The van der Waals surface area contributed by atoms with Crippen LogP contribution >= 0.6 is 0 Å². The van der Waals surface area contributed by atoms with Crippen molar-refractivity contribution in [2.75, 3.05) is 6.61 Å². The molecule has 6 nitrogen and oxygen atoms in total. The summed E-state index contributed by atoms with van der Waals surface area (Å²) in [6.45, 7) is 5.23. The van der Waals surface area contributed by atoms with Crippen LogP contribution in [0.3, 0.4) is 0 Å². The minimum absolute atomic E-state index is 0.0629. The van der Waals surface area contributed by atoms with Gasteiger partial charge < -0.3 is 5.11 Å². The van der Waals surface area contributed by atoms with E-state index in [1.165, 1.54) is 6.92 Å². The van der Waals surface area contributed by atoms with E-state index in [1.807, 2.05) is 13.8 Å². The summed E-state index contributed by atoms with van der Waals surface area (Å²) in [6.07, 6.45) is 0.930. The zero-order valence-electron chi connectivity index (χ0n) is 12.6. The molecular weight excluding hydrogens is 296 g/mol. The molecule has 7 heteroatoms. The summed E-state index contributed by atoms with van der Waals surface area (Å²) >= 11 is 0. The van der Waals surface area contributed by atoms with E-state index in [1.54, 1.807) is 0 Å². The van der Waals surface area contributed by atoms with Gasteiger partial charge in [-0.3, -0.25) is 13.8 Å². The Morgan fingerprint density at radius 1 is 1.48 bits per heavy atom. The van der Waals surface area contributed by atoms with E-state index in [9.17, 15) is 18.0 Å². The number of carbonyl (C=O) groups excluding carboxylic acids is 1. The van der Waals surface area contributed by atoms with Crippen LogP contribution in [0, 0.1) is 16.7 Å². The Balaban J connectivity index is 2.55. The van der Waals surface area contributed by atoms with Crippen LogP contribution in [0.5, 0.6) is 0 Å². The second kappa shape index (κ2) is 5.05. The van der Waals surface area contributed by atoms with E-state index in [0.717, 1.165) is 6.42 Å². The molecule has 2 bridgehead atoms. The van der Waals surface area contributed by atoms with Crippen LogP contribution in [0.2, 0.25) is 0 Å². The van der Waals surface area contributed by atoms with Crippen LogP contribution in [0.15, 0.2) is 0 Å². The molecule has 2 aliphatic rings. The van der Waals surface area contributed by atoms with Crippen molar-refractivity contribution in [3.8, 4) is 0 Å². The summed E-state index contributed by atoms with van der Waals surface area (Å²) in [7, 11) is -4.10. The number of fused-ring (bicyclic) bond motifs is 2. The molecule has 0 aliphatic heterocycles. The number of hydrogen-bond acceptors (Lipinski definition) is 5. The first-order valence-electron chi connectivity index (χ1n) is 7.23. The number of Topliss-reactive ketones (excluding diaryl/α,β-unsaturated/α-hetero) is 1. The average molecular weight is 318 g/mol. The Morgan fingerprint density at radius 2 is 2.10 bits per heavy atom. The van der Waals surface area contributed by atoms with Gasteiger partial charge in [-0.1, -0.05) is 13.8 Å². The molecule has 3 atom stereocenters. The fraction of sp³-hybridized carbons (Fsp3) is 0.857. The van der Waals surface area contributed by atoms with Gasteiger partial charge in [0.15, 0.2) is 0 Å². The van der Waals surface area contributed by atoms with Crippen molar-refractivity contribution in [3.05, 3.63) is 0 Å². The van der Waals surface area contributed by atoms with E-state index in [0.29, 0.717) is 12.8 Å². The summed E-state index contributed by atoms with van der Waals surface area (Å²) in [5.74, 6) is -1.23. The molecule has 1 N–H and O–H groups in total. The highest BCUT2D eigenvalue weighted by Gasteiger charge is 2.70. The lowest BCUT2D eigenvalue weighted by molar-refractivity contribution is -0.139. The average Bonchev–Trinajstić information content (AvgIpc) is 2.69. The normalized spacial score (nSPS) is 32.3. The lowest BCUT2D eigenvalue weighted by atomic mass is 9.66. The quantitative estimate of drug-likeness (QED) is 0.747. The third-order valence-electron chi connectivity index (χ3n) is 5.53.